The Balaban J connectivity index is 2.23. The molecule has 2 aromatic rings. The number of fused-ring (bicyclic) bond motifs is 1. The SMILES string of the molecule is CC(C)NSc1ccc2ccccc2c1. The van der Waals surface area contributed by atoms with Crippen molar-refractivity contribution in [2.75, 3.05) is 0 Å². The Labute approximate surface area is 95.0 Å². The van der Waals surface area contributed by atoms with E-state index in [0.29, 0.717) is 6.04 Å². The van der Waals surface area contributed by atoms with Crippen LogP contribution in [0.2, 0.25) is 0 Å². The second kappa shape index (κ2) is 4.69. The van der Waals surface area contributed by atoms with E-state index in [4.69, 9.17) is 0 Å². The summed E-state index contributed by atoms with van der Waals surface area (Å²) in [7, 11) is 0. The Morgan fingerprint density at radius 3 is 2.47 bits per heavy atom. The molecule has 0 atom stereocenters. The Kier molecular flexibility index (Phi) is 3.29. The third-order valence-corrected chi connectivity index (χ3v) is 3.21. The minimum absolute atomic E-state index is 0.501. The van der Waals surface area contributed by atoms with Crippen LogP contribution in [-0.4, -0.2) is 6.04 Å². The fraction of sp³-hybridized carbons (Fsp3) is 0.231. The van der Waals surface area contributed by atoms with Crippen LogP contribution in [-0.2, 0) is 0 Å². The summed E-state index contributed by atoms with van der Waals surface area (Å²) in [5.74, 6) is 0. The lowest BCUT2D eigenvalue weighted by Crippen LogP contribution is -2.13. The van der Waals surface area contributed by atoms with Crippen LogP contribution in [0.1, 0.15) is 13.8 Å². The summed E-state index contributed by atoms with van der Waals surface area (Å²) in [6.07, 6.45) is 0. The zero-order valence-electron chi connectivity index (χ0n) is 9.03. The summed E-state index contributed by atoms with van der Waals surface area (Å²) >= 11 is 1.69. The van der Waals surface area contributed by atoms with Crippen LogP contribution in [0.3, 0.4) is 0 Å². The first-order chi connectivity index (χ1) is 7.25. The zero-order valence-corrected chi connectivity index (χ0v) is 9.84. The van der Waals surface area contributed by atoms with E-state index in [1.165, 1.54) is 15.7 Å². The number of nitrogens with one attached hydrogen (secondary N) is 1. The molecule has 15 heavy (non-hydrogen) atoms. The molecular weight excluding hydrogens is 202 g/mol. The Morgan fingerprint density at radius 1 is 1.00 bits per heavy atom. The number of rotatable bonds is 3. The molecule has 78 valence electrons. The largest absolute Gasteiger partial charge is 0.257 e. The summed E-state index contributed by atoms with van der Waals surface area (Å²) in [5.41, 5.74) is 0. The summed E-state index contributed by atoms with van der Waals surface area (Å²) < 4.78 is 3.34. The predicted molar refractivity (Wildman–Crippen MR) is 68.1 cm³/mol. The monoisotopic (exact) mass is 217 g/mol. The predicted octanol–water partition coefficient (Wildman–Crippen LogP) is 3.84. The molecule has 0 unspecified atom stereocenters. The molecule has 1 nitrogen and oxygen atoms in total. The Morgan fingerprint density at radius 2 is 1.73 bits per heavy atom. The second-order valence-electron chi connectivity index (χ2n) is 3.88. The van der Waals surface area contributed by atoms with Crippen molar-refractivity contribution in [3.8, 4) is 0 Å². The van der Waals surface area contributed by atoms with Gasteiger partial charge in [-0.2, -0.15) is 0 Å². The minimum Gasteiger partial charge on any atom is -0.257 e. The summed E-state index contributed by atoms with van der Waals surface area (Å²) in [5, 5.41) is 2.60. The molecule has 0 fully saturated rings. The molecule has 0 aliphatic carbocycles. The first kappa shape index (κ1) is 10.5. The molecular formula is C13H15NS. The Hall–Kier alpha value is -0.990. The van der Waals surface area contributed by atoms with Crippen LogP contribution in [0.15, 0.2) is 47.4 Å². The van der Waals surface area contributed by atoms with Gasteiger partial charge < -0.3 is 0 Å². The van der Waals surface area contributed by atoms with Crippen molar-refractivity contribution in [3.05, 3.63) is 42.5 Å². The molecule has 0 heterocycles. The lowest BCUT2D eigenvalue weighted by molar-refractivity contribution is 0.771. The van der Waals surface area contributed by atoms with Gasteiger partial charge >= 0.3 is 0 Å². The third-order valence-electron chi connectivity index (χ3n) is 2.13. The fourth-order valence-corrected chi connectivity index (χ4v) is 2.11. The van der Waals surface area contributed by atoms with Gasteiger partial charge in [0.15, 0.2) is 0 Å². The van der Waals surface area contributed by atoms with Gasteiger partial charge in [0, 0.05) is 10.9 Å². The van der Waals surface area contributed by atoms with E-state index in [1.54, 1.807) is 11.9 Å². The zero-order chi connectivity index (χ0) is 10.7. The smallest absolute Gasteiger partial charge is 0.0234 e. The molecule has 0 radical (unpaired) electrons. The fourth-order valence-electron chi connectivity index (χ4n) is 1.42. The Bertz CT molecular complexity index is 451. The van der Waals surface area contributed by atoms with Gasteiger partial charge in [0.05, 0.1) is 0 Å². The van der Waals surface area contributed by atoms with E-state index < -0.39 is 0 Å². The van der Waals surface area contributed by atoms with Gasteiger partial charge in [-0.15, -0.1) is 0 Å². The second-order valence-corrected chi connectivity index (χ2v) is 4.79. The van der Waals surface area contributed by atoms with Gasteiger partial charge in [0.2, 0.25) is 0 Å². The molecule has 0 saturated carbocycles. The first-order valence-corrected chi connectivity index (χ1v) is 5.98. The van der Waals surface area contributed by atoms with Crippen LogP contribution >= 0.6 is 11.9 Å². The van der Waals surface area contributed by atoms with Crippen LogP contribution in [0.25, 0.3) is 10.8 Å². The third kappa shape index (κ3) is 2.74. The van der Waals surface area contributed by atoms with Gasteiger partial charge in [-0.3, -0.25) is 4.72 Å². The highest BCUT2D eigenvalue weighted by atomic mass is 32.2. The topological polar surface area (TPSA) is 12.0 Å². The van der Waals surface area contributed by atoms with Crippen molar-refractivity contribution in [3.63, 3.8) is 0 Å². The number of benzene rings is 2. The summed E-state index contributed by atoms with van der Waals surface area (Å²) in [6.45, 7) is 4.29. The van der Waals surface area contributed by atoms with Crippen molar-refractivity contribution >= 4 is 22.7 Å². The van der Waals surface area contributed by atoms with Crippen LogP contribution in [0.4, 0.5) is 0 Å². The number of hydrogen-bond acceptors (Lipinski definition) is 2. The molecule has 0 spiro atoms. The van der Waals surface area contributed by atoms with Gasteiger partial charge in [-0.1, -0.05) is 30.3 Å². The van der Waals surface area contributed by atoms with Crippen LogP contribution < -0.4 is 4.72 Å². The van der Waals surface area contributed by atoms with E-state index in [9.17, 15) is 0 Å². The standard InChI is InChI=1S/C13H15NS/c1-10(2)14-15-13-8-7-11-5-3-4-6-12(11)9-13/h3-10,14H,1-2H3. The van der Waals surface area contributed by atoms with E-state index in [-0.39, 0.29) is 0 Å². The van der Waals surface area contributed by atoms with Crippen LogP contribution in [0.5, 0.6) is 0 Å². The summed E-state index contributed by atoms with van der Waals surface area (Å²) in [4.78, 5) is 1.27. The molecule has 2 rings (SSSR count). The molecule has 0 aliphatic rings. The van der Waals surface area contributed by atoms with Crippen molar-refractivity contribution in [2.45, 2.75) is 24.8 Å². The van der Waals surface area contributed by atoms with Crippen molar-refractivity contribution in [1.29, 1.82) is 0 Å². The maximum absolute atomic E-state index is 3.34. The molecule has 1 N–H and O–H groups in total. The van der Waals surface area contributed by atoms with E-state index in [1.807, 2.05) is 0 Å². The van der Waals surface area contributed by atoms with Gasteiger partial charge in [0.25, 0.3) is 0 Å². The molecule has 0 bridgehead atoms. The highest BCUT2D eigenvalue weighted by molar-refractivity contribution is 7.97. The highest BCUT2D eigenvalue weighted by Gasteiger charge is 1.97. The average Bonchev–Trinajstić information content (AvgIpc) is 2.26. The molecule has 2 heteroatoms. The van der Waals surface area contributed by atoms with Crippen LogP contribution in [0, 0.1) is 0 Å². The van der Waals surface area contributed by atoms with Gasteiger partial charge in [0.1, 0.15) is 0 Å². The minimum atomic E-state index is 0.501. The first-order valence-electron chi connectivity index (χ1n) is 5.17. The maximum atomic E-state index is 3.34. The highest BCUT2D eigenvalue weighted by Crippen LogP contribution is 2.21. The normalized spacial score (nSPS) is 11.1. The molecule has 0 amide bonds. The lowest BCUT2D eigenvalue weighted by atomic mass is 10.1. The lowest BCUT2D eigenvalue weighted by Gasteiger charge is -2.07. The van der Waals surface area contributed by atoms with E-state index in [0.717, 1.165) is 0 Å². The average molecular weight is 217 g/mol. The van der Waals surface area contributed by atoms with E-state index >= 15 is 0 Å². The molecule has 0 saturated heterocycles. The summed E-state index contributed by atoms with van der Waals surface area (Å²) in [6, 6.07) is 15.5. The molecule has 0 aromatic heterocycles. The van der Waals surface area contributed by atoms with Crippen molar-refractivity contribution in [2.24, 2.45) is 0 Å². The quantitative estimate of drug-likeness (QED) is 0.784. The van der Waals surface area contributed by atoms with Crippen molar-refractivity contribution < 1.29 is 0 Å². The molecule has 0 aliphatic heterocycles. The van der Waals surface area contributed by atoms with Gasteiger partial charge in [-0.25, -0.2) is 0 Å². The number of hydrogen-bond donors (Lipinski definition) is 1. The van der Waals surface area contributed by atoms with E-state index in [2.05, 4.69) is 61.0 Å². The van der Waals surface area contributed by atoms with Gasteiger partial charge in [-0.05, 0) is 48.7 Å². The maximum Gasteiger partial charge on any atom is 0.0234 e. The van der Waals surface area contributed by atoms with Crippen molar-refractivity contribution in [1.82, 2.24) is 4.72 Å². The molecule has 2 aromatic carbocycles.